The number of halogens is 3. The normalized spacial score (nSPS) is 17.1. The molecular formula is C17H13ClF2N2O3. The summed E-state index contributed by atoms with van der Waals surface area (Å²) in [7, 11) is 1.45. The van der Waals surface area contributed by atoms with Crippen LogP contribution in [0.3, 0.4) is 0 Å². The summed E-state index contributed by atoms with van der Waals surface area (Å²) in [4.78, 5) is 25.8. The highest BCUT2D eigenvalue weighted by molar-refractivity contribution is 6.33. The maximum Gasteiger partial charge on any atom is 0.256 e. The Kier molecular flexibility index (Phi) is 4.59. The minimum absolute atomic E-state index is 0.110. The van der Waals surface area contributed by atoms with Gasteiger partial charge < -0.3 is 10.1 Å². The van der Waals surface area contributed by atoms with Crippen molar-refractivity contribution in [2.45, 2.75) is 12.5 Å². The fourth-order valence-corrected chi connectivity index (χ4v) is 2.85. The van der Waals surface area contributed by atoms with Crippen LogP contribution in [0.15, 0.2) is 36.4 Å². The van der Waals surface area contributed by atoms with Crippen LogP contribution in [0.25, 0.3) is 0 Å². The highest BCUT2D eigenvalue weighted by Gasteiger charge is 2.39. The van der Waals surface area contributed by atoms with Crippen LogP contribution in [0.4, 0.5) is 20.2 Å². The number of anilines is 2. The lowest BCUT2D eigenvalue weighted by molar-refractivity contribution is -0.121. The highest BCUT2D eigenvalue weighted by atomic mass is 35.5. The van der Waals surface area contributed by atoms with E-state index in [0.717, 1.165) is 17.0 Å². The maximum atomic E-state index is 13.3. The van der Waals surface area contributed by atoms with E-state index >= 15 is 0 Å². The molecule has 1 atom stereocenters. The first-order valence-corrected chi connectivity index (χ1v) is 7.70. The molecule has 1 aliphatic heterocycles. The summed E-state index contributed by atoms with van der Waals surface area (Å²) in [6.07, 6.45) is -0.110. The van der Waals surface area contributed by atoms with Crippen LogP contribution in [0, 0.1) is 11.6 Å². The summed E-state index contributed by atoms with van der Waals surface area (Å²) in [5, 5.41) is 3.01. The van der Waals surface area contributed by atoms with E-state index in [1.807, 2.05) is 0 Å². The van der Waals surface area contributed by atoms with E-state index in [4.69, 9.17) is 16.3 Å². The predicted molar refractivity (Wildman–Crippen MR) is 88.9 cm³/mol. The summed E-state index contributed by atoms with van der Waals surface area (Å²) in [5.41, 5.74) is 0.523. The van der Waals surface area contributed by atoms with Gasteiger partial charge in [0.15, 0.2) is 11.6 Å². The third-order valence-corrected chi connectivity index (χ3v) is 4.10. The van der Waals surface area contributed by atoms with Crippen molar-refractivity contribution >= 4 is 34.8 Å². The standard InChI is InChI=1S/C17H13ClF2N2O3/c1-25-15-5-3-10(7-11(15)18)22-16(23)8-14(17(22)24)21-9-2-4-12(19)13(20)6-9/h2-7,14,21H,8H2,1H3/t14-/m1/s1. The second kappa shape index (κ2) is 6.68. The van der Waals surface area contributed by atoms with Gasteiger partial charge in [-0.2, -0.15) is 0 Å². The number of nitrogens with zero attached hydrogens (tertiary/aromatic N) is 1. The van der Waals surface area contributed by atoms with Crippen LogP contribution in [0.1, 0.15) is 6.42 Å². The Hall–Kier alpha value is -2.67. The van der Waals surface area contributed by atoms with Crippen molar-refractivity contribution in [3.63, 3.8) is 0 Å². The number of imide groups is 1. The average molecular weight is 367 g/mol. The molecule has 25 heavy (non-hydrogen) atoms. The fourth-order valence-electron chi connectivity index (χ4n) is 2.60. The van der Waals surface area contributed by atoms with Gasteiger partial charge in [-0.05, 0) is 30.3 Å². The molecule has 1 N–H and O–H groups in total. The third kappa shape index (κ3) is 3.28. The van der Waals surface area contributed by atoms with Gasteiger partial charge in [-0.3, -0.25) is 9.59 Å². The largest absolute Gasteiger partial charge is 0.495 e. The Labute approximate surface area is 147 Å². The van der Waals surface area contributed by atoms with Crippen LogP contribution < -0.4 is 15.0 Å². The zero-order valence-electron chi connectivity index (χ0n) is 13.1. The Balaban J connectivity index is 1.82. The van der Waals surface area contributed by atoms with Gasteiger partial charge in [0.2, 0.25) is 5.91 Å². The highest BCUT2D eigenvalue weighted by Crippen LogP contribution is 2.32. The summed E-state index contributed by atoms with van der Waals surface area (Å²) >= 11 is 6.03. The van der Waals surface area contributed by atoms with Crippen molar-refractivity contribution in [3.05, 3.63) is 53.1 Å². The predicted octanol–water partition coefficient (Wildman–Crippen LogP) is 3.37. The zero-order valence-corrected chi connectivity index (χ0v) is 13.8. The molecule has 1 aliphatic rings. The monoisotopic (exact) mass is 366 g/mol. The number of ether oxygens (including phenoxy) is 1. The number of benzene rings is 2. The van der Waals surface area contributed by atoms with Gasteiger partial charge in [0.05, 0.1) is 24.2 Å². The second-order valence-corrected chi connectivity index (χ2v) is 5.82. The summed E-state index contributed by atoms with van der Waals surface area (Å²) < 4.78 is 31.3. The van der Waals surface area contributed by atoms with Gasteiger partial charge in [-0.15, -0.1) is 0 Å². The van der Waals surface area contributed by atoms with Crippen LogP contribution in [0.2, 0.25) is 5.02 Å². The molecule has 2 aromatic rings. The van der Waals surface area contributed by atoms with Gasteiger partial charge in [0.25, 0.3) is 5.91 Å². The first kappa shape index (κ1) is 17.2. The molecule has 1 saturated heterocycles. The molecule has 2 amide bonds. The van der Waals surface area contributed by atoms with Crippen LogP contribution in [-0.4, -0.2) is 25.0 Å². The number of carbonyl (C=O) groups excluding carboxylic acids is 2. The molecule has 0 bridgehead atoms. The number of rotatable bonds is 4. The molecule has 0 radical (unpaired) electrons. The van der Waals surface area contributed by atoms with E-state index in [1.165, 1.54) is 19.2 Å². The lowest BCUT2D eigenvalue weighted by Crippen LogP contribution is -2.34. The molecule has 0 spiro atoms. The van der Waals surface area contributed by atoms with Crippen molar-refractivity contribution in [2.24, 2.45) is 0 Å². The maximum absolute atomic E-state index is 13.3. The fraction of sp³-hybridized carbons (Fsp3) is 0.176. The zero-order chi connectivity index (χ0) is 18.1. The van der Waals surface area contributed by atoms with Gasteiger partial charge in [-0.25, -0.2) is 13.7 Å². The first-order valence-electron chi connectivity index (χ1n) is 7.32. The topological polar surface area (TPSA) is 58.6 Å². The van der Waals surface area contributed by atoms with E-state index in [1.54, 1.807) is 12.1 Å². The van der Waals surface area contributed by atoms with Crippen molar-refractivity contribution < 1.29 is 23.1 Å². The molecule has 1 fully saturated rings. The van der Waals surface area contributed by atoms with E-state index in [9.17, 15) is 18.4 Å². The van der Waals surface area contributed by atoms with Gasteiger partial charge in [-0.1, -0.05) is 11.6 Å². The van der Waals surface area contributed by atoms with Crippen molar-refractivity contribution in [3.8, 4) is 5.75 Å². The Morgan fingerprint density at radius 2 is 1.92 bits per heavy atom. The minimum atomic E-state index is -1.04. The van der Waals surface area contributed by atoms with E-state index in [2.05, 4.69) is 5.32 Å². The minimum Gasteiger partial charge on any atom is -0.495 e. The molecule has 0 aromatic heterocycles. The van der Waals surface area contributed by atoms with Gasteiger partial charge in [0, 0.05) is 11.8 Å². The van der Waals surface area contributed by atoms with Crippen molar-refractivity contribution in [1.29, 1.82) is 0 Å². The Morgan fingerprint density at radius 3 is 2.56 bits per heavy atom. The first-order chi connectivity index (χ1) is 11.9. The number of carbonyl (C=O) groups is 2. The number of hydrogen-bond acceptors (Lipinski definition) is 4. The summed E-state index contributed by atoms with van der Waals surface area (Å²) in [6, 6.07) is 6.84. The smallest absolute Gasteiger partial charge is 0.256 e. The summed E-state index contributed by atoms with van der Waals surface area (Å²) in [6.45, 7) is 0. The molecule has 2 aromatic carbocycles. The van der Waals surface area contributed by atoms with E-state index in [0.29, 0.717) is 11.4 Å². The Bertz CT molecular complexity index is 860. The second-order valence-electron chi connectivity index (χ2n) is 5.42. The lowest BCUT2D eigenvalue weighted by atomic mass is 10.2. The van der Waals surface area contributed by atoms with Crippen molar-refractivity contribution in [2.75, 3.05) is 17.3 Å². The van der Waals surface area contributed by atoms with Crippen molar-refractivity contribution in [1.82, 2.24) is 0 Å². The number of hydrogen-bond donors (Lipinski definition) is 1. The molecule has 0 saturated carbocycles. The number of nitrogens with one attached hydrogen (secondary N) is 1. The molecule has 0 unspecified atom stereocenters. The lowest BCUT2D eigenvalue weighted by Gasteiger charge is -2.17. The van der Waals surface area contributed by atoms with Crippen LogP contribution >= 0.6 is 11.6 Å². The molecule has 1 heterocycles. The quantitative estimate of drug-likeness (QED) is 0.843. The summed E-state index contributed by atoms with van der Waals surface area (Å²) in [5.74, 6) is -2.54. The number of methoxy groups -OCH3 is 1. The molecule has 5 nitrogen and oxygen atoms in total. The van der Waals surface area contributed by atoms with Gasteiger partial charge >= 0.3 is 0 Å². The number of amides is 2. The average Bonchev–Trinajstić information content (AvgIpc) is 2.85. The molecule has 3 rings (SSSR count). The van der Waals surface area contributed by atoms with E-state index < -0.39 is 29.5 Å². The third-order valence-electron chi connectivity index (χ3n) is 3.80. The van der Waals surface area contributed by atoms with Crippen LogP contribution in [0.5, 0.6) is 5.75 Å². The molecular weight excluding hydrogens is 354 g/mol. The molecule has 8 heteroatoms. The SMILES string of the molecule is COc1ccc(N2C(=O)C[C@@H](Nc3ccc(F)c(F)c3)C2=O)cc1Cl. The molecule has 0 aliphatic carbocycles. The molecule has 130 valence electrons. The van der Waals surface area contributed by atoms with Crippen LogP contribution in [-0.2, 0) is 9.59 Å². The van der Waals surface area contributed by atoms with E-state index in [-0.39, 0.29) is 17.1 Å². The van der Waals surface area contributed by atoms with Gasteiger partial charge in [0.1, 0.15) is 11.8 Å². The Morgan fingerprint density at radius 1 is 1.16 bits per heavy atom.